The standard InChI is InChI=1S/C12H11ClN2O2/c1-6(16)11-12(14-7(2)17)9-4-3-8(13)5-10(9)15-11/h3-5,15H,1-2H3,(H,14,17). The van der Waals surface area contributed by atoms with Gasteiger partial charge >= 0.3 is 0 Å². The highest BCUT2D eigenvalue weighted by Crippen LogP contribution is 2.30. The first-order chi connectivity index (χ1) is 7.99. The second kappa shape index (κ2) is 4.22. The van der Waals surface area contributed by atoms with Crippen LogP contribution in [0.4, 0.5) is 5.69 Å². The molecule has 0 atom stereocenters. The van der Waals surface area contributed by atoms with Crippen molar-refractivity contribution in [1.29, 1.82) is 0 Å². The quantitative estimate of drug-likeness (QED) is 0.805. The minimum atomic E-state index is -0.219. The second-order valence-electron chi connectivity index (χ2n) is 3.80. The van der Waals surface area contributed by atoms with E-state index in [0.29, 0.717) is 16.4 Å². The molecule has 1 aromatic carbocycles. The Morgan fingerprint density at radius 2 is 2.00 bits per heavy atom. The number of aromatic nitrogens is 1. The maximum absolute atomic E-state index is 11.5. The number of ketones is 1. The van der Waals surface area contributed by atoms with E-state index in [1.54, 1.807) is 18.2 Å². The molecule has 0 radical (unpaired) electrons. The SMILES string of the molecule is CC(=O)Nc1c(C(C)=O)[nH]c2cc(Cl)ccc12. The molecule has 0 saturated carbocycles. The molecule has 0 aliphatic heterocycles. The van der Waals surface area contributed by atoms with Crippen LogP contribution in [-0.4, -0.2) is 16.7 Å². The molecule has 0 aliphatic rings. The van der Waals surface area contributed by atoms with E-state index in [1.807, 2.05) is 0 Å². The number of rotatable bonds is 2. The van der Waals surface area contributed by atoms with E-state index in [-0.39, 0.29) is 11.7 Å². The largest absolute Gasteiger partial charge is 0.350 e. The van der Waals surface area contributed by atoms with Crippen molar-refractivity contribution in [2.45, 2.75) is 13.8 Å². The first kappa shape index (κ1) is 11.7. The normalized spacial score (nSPS) is 10.5. The van der Waals surface area contributed by atoms with Gasteiger partial charge in [-0.1, -0.05) is 11.6 Å². The fourth-order valence-corrected chi connectivity index (χ4v) is 1.91. The van der Waals surface area contributed by atoms with E-state index in [4.69, 9.17) is 11.6 Å². The highest BCUT2D eigenvalue weighted by Gasteiger charge is 2.15. The van der Waals surface area contributed by atoms with Gasteiger partial charge in [0.15, 0.2) is 5.78 Å². The zero-order valence-electron chi connectivity index (χ0n) is 9.43. The van der Waals surface area contributed by atoms with Crippen LogP contribution in [-0.2, 0) is 4.79 Å². The van der Waals surface area contributed by atoms with Crippen molar-refractivity contribution < 1.29 is 9.59 Å². The summed E-state index contributed by atoms with van der Waals surface area (Å²) in [6, 6.07) is 5.20. The molecule has 0 saturated heterocycles. The third-order valence-electron chi connectivity index (χ3n) is 2.41. The summed E-state index contributed by atoms with van der Waals surface area (Å²) in [5, 5.41) is 4.01. The van der Waals surface area contributed by atoms with Gasteiger partial charge < -0.3 is 10.3 Å². The molecule has 2 N–H and O–H groups in total. The van der Waals surface area contributed by atoms with Crippen LogP contribution >= 0.6 is 11.6 Å². The van der Waals surface area contributed by atoms with E-state index in [9.17, 15) is 9.59 Å². The van der Waals surface area contributed by atoms with Crippen LogP contribution in [0, 0.1) is 0 Å². The first-order valence-corrected chi connectivity index (χ1v) is 5.46. The number of aromatic amines is 1. The molecule has 1 aromatic heterocycles. The van der Waals surface area contributed by atoms with Crippen LogP contribution in [0.25, 0.3) is 10.9 Å². The summed E-state index contributed by atoms with van der Waals surface area (Å²) in [4.78, 5) is 25.6. The number of carbonyl (C=O) groups excluding carboxylic acids is 2. The number of halogens is 1. The van der Waals surface area contributed by atoms with Gasteiger partial charge in [0.1, 0.15) is 5.69 Å². The van der Waals surface area contributed by atoms with Crippen LogP contribution in [0.15, 0.2) is 18.2 Å². The summed E-state index contributed by atoms with van der Waals surface area (Å²) >= 11 is 5.87. The zero-order chi connectivity index (χ0) is 12.6. The van der Waals surface area contributed by atoms with E-state index in [1.165, 1.54) is 13.8 Å². The number of amides is 1. The zero-order valence-corrected chi connectivity index (χ0v) is 10.2. The smallest absolute Gasteiger partial charge is 0.221 e. The van der Waals surface area contributed by atoms with E-state index < -0.39 is 0 Å². The van der Waals surface area contributed by atoms with E-state index in [0.717, 1.165) is 10.9 Å². The molecule has 4 nitrogen and oxygen atoms in total. The molecule has 88 valence electrons. The number of benzene rings is 1. The van der Waals surface area contributed by atoms with Crippen LogP contribution in [0.1, 0.15) is 24.3 Å². The molecule has 1 heterocycles. The molecule has 0 fully saturated rings. The molecular formula is C12H11ClN2O2. The van der Waals surface area contributed by atoms with Gasteiger partial charge in [-0.05, 0) is 18.2 Å². The Balaban J connectivity index is 2.71. The molecule has 17 heavy (non-hydrogen) atoms. The Morgan fingerprint density at radius 1 is 1.29 bits per heavy atom. The predicted octanol–water partition coefficient (Wildman–Crippen LogP) is 2.98. The summed E-state index contributed by atoms with van der Waals surface area (Å²) in [6.07, 6.45) is 0. The second-order valence-corrected chi connectivity index (χ2v) is 4.24. The summed E-state index contributed by atoms with van der Waals surface area (Å²) in [6.45, 7) is 2.84. The Hall–Kier alpha value is -1.81. The Bertz CT molecular complexity index is 616. The molecule has 0 aliphatic carbocycles. The van der Waals surface area contributed by atoms with Gasteiger partial charge in [0, 0.05) is 29.8 Å². The third kappa shape index (κ3) is 2.17. The fourth-order valence-electron chi connectivity index (χ4n) is 1.74. The highest BCUT2D eigenvalue weighted by molar-refractivity contribution is 6.31. The van der Waals surface area contributed by atoms with Crippen molar-refractivity contribution in [3.05, 3.63) is 28.9 Å². The van der Waals surface area contributed by atoms with Gasteiger partial charge in [0.2, 0.25) is 5.91 Å². The van der Waals surface area contributed by atoms with Crippen molar-refractivity contribution in [1.82, 2.24) is 4.98 Å². The molecular weight excluding hydrogens is 240 g/mol. The number of carbonyl (C=O) groups is 2. The summed E-state index contributed by atoms with van der Waals surface area (Å²) in [5.41, 5.74) is 1.63. The molecule has 2 rings (SSSR count). The van der Waals surface area contributed by atoms with Gasteiger partial charge in [-0.25, -0.2) is 0 Å². The number of H-pyrrole nitrogens is 1. The lowest BCUT2D eigenvalue weighted by atomic mass is 10.2. The van der Waals surface area contributed by atoms with Crippen molar-refractivity contribution in [3.8, 4) is 0 Å². The number of hydrogen-bond acceptors (Lipinski definition) is 2. The predicted molar refractivity (Wildman–Crippen MR) is 67.6 cm³/mol. The maximum atomic E-state index is 11.5. The number of anilines is 1. The topological polar surface area (TPSA) is 62.0 Å². The summed E-state index contributed by atoms with van der Waals surface area (Å²) in [7, 11) is 0. The molecule has 2 aromatic rings. The lowest BCUT2D eigenvalue weighted by Crippen LogP contribution is -2.08. The lowest BCUT2D eigenvalue weighted by molar-refractivity contribution is -0.114. The average molecular weight is 251 g/mol. The van der Waals surface area contributed by atoms with Crippen molar-refractivity contribution >= 4 is 39.9 Å². The number of hydrogen-bond donors (Lipinski definition) is 2. The van der Waals surface area contributed by atoms with Crippen LogP contribution in [0.5, 0.6) is 0 Å². The lowest BCUT2D eigenvalue weighted by Gasteiger charge is -2.02. The molecule has 0 spiro atoms. The van der Waals surface area contributed by atoms with Crippen LogP contribution in [0.2, 0.25) is 5.02 Å². The molecule has 1 amide bonds. The summed E-state index contributed by atoms with van der Waals surface area (Å²) < 4.78 is 0. The fraction of sp³-hybridized carbons (Fsp3) is 0.167. The Labute approximate surface area is 103 Å². The van der Waals surface area contributed by atoms with Gasteiger partial charge in [-0.15, -0.1) is 0 Å². The minimum absolute atomic E-state index is 0.138. The first-order valence-electron chi connectivity index (χ1n) is 5.09. The average Bonchev–Trinajstić information content (AvgIpc) is 2.55. The van der Waals surface area contributed by atoms with Crippen molar-refractivity contribution in [2.24, 2.45) is 0 Å². The van der Waals surface area contributed by atoms with Crippen LogP contribution < -0.4 is 5.32 Å². The van der Waals surface area contributed by atoms with Crippen LogP contribution in [0.3, 0.4) is 0 Å². The van der Waals surface area contributed by atoms with Gasteiger partial charge in [-0.2, -0.15) is 0 Å². The maximum Gasteiger partial charge on any atom is 0.221 e. The van der Waals surface area contributed by atoms with Gasteiger partial charge in [-0.3, -0.25) is 9.59 Å². The number of Topliss-reactive ketones (excluding diaryl/α,β-unsaturated/α-hetero) is 1. The van der Waals surface area contributed by atoms with Gasteiger partial charge in [0.05, 0.1) is 5.69 Å². The van der Waals surface area contributed by atoms with E-state index in [2.05, 4.69) is 10.3 Å². The number of fused-ring (bicyclic) bond motifs is 1. The Morgan fingerprint density at radius 3 is 2.59 bits per heavy atom. The minimum Gasteiger partial charge on any atom is -0.350 e. The molecule has 5 heteroatoms. The third-order valence-corrected chi connectivity index (χ3v) is 2.65. The van der Waals surface area contributed by atoms with Gasteiger partial charge in [0.25, 0.3) is 0 Å². The molecule has 0 bridgehead atoms. The van der Waals surface area contributed by atoms with Crippen molar-refractivity contribution in [3.63, 3.8) is 0 Å². The Kier molecular flexibility index (Phi) is 2.90. The summed E-state index contributed by atoms with van der Waals surface area (Å²) in [5.74, 6) is -0.357. The monoisotopic (exact) mass is 250 g/mol. The molecule has 0 unspecified atom stereocenters. The van der Waals surface area contributed by atoms with E-state index >= 15 is 0 Å². The van der Waals surface area contributed by atoms with Crippen molar-refractivity contribution in [2.75, 3.05) is 5.32 Å². The number of nitrogens with one attached hydrogen (secondary N) is 2. The highest BCUT2D eigenvalue weighted by atomic mass is 35.5.